The van der Waals surface area contributed by atoms with E-state index in [1.54, 1.807) is 24.3 Å². The second-order valence-electron chi connectivity index (χ2n) is 6.36. The monoisotopic (exact) mass is 461 g/mol. The van der Waals surface area contributed by atoms with Gasteiger partial charge in [0, 0.05) is 0 Å². The molecule has 1 aromatic carbocycles. The number of rotatable bonds is 7. The summed E-state index contributed by atoms with van der Waals surface area (Å²) in [6.07, 6.45) is -1.48. The zero-order valence-electron chi connectivity index (χ0n) is 14.3. The van der Waals surface area contributed by atoms with Gasteiger partial charge >= 0.3 is 133 Å². The number of halogens is 3. The van der Waals surface area contributed by atoms with Crippen LogP contribution in [0.15, 0.2) is 47.4 Å². The number of benzene rings is 1. The maximum atomic E-state index is 12.8. The Hall–Kier alpha value is -1.44. The van der Waals surface area contributed by atoms with Crippen molar-refractivity contribution in [2.45, 2.75) is 33.3 Å². The van der Waals surface area contributed by atoms with Gasteiger partial charge in [0.15, 0.2) is 0 Å². The van der Waals surface area contributed by atoms with Crippen LogP contribution in [0.2, 0.25) is 14.3 Å². The number of hydrogen-bond acceptors (Lipinski definition) is 2. The van der Waals surface area contributed by atoms with Crippen molar-refractivity contribution in [3.05, 3.63) is 58.5 Å². The molecule has 0 bridgehead atoms. The fraction of sp³-hybridized carbons (Fsp3) is 0.389. The first-order valence-corrected chi connectivity index (χ1v) is 17.2. The Kier molecular flexibility index (Phi) is 6.98. The van der Waals surface area contributed by atoms with Gasteiger partial charge in [-0.1, -0.05) is 0 Å². The van der Waals surface area contributed by atoms with E-state index >= 15 is 0 Å². The molecular formula is C18H22F3NO2Sn. The van der Waals surface area contributed by atoms with Crippen molar-refractivity contribution in [1.29, 1.82) is 0 Å². The molecule has 2 aromatic rings. The summed E-state index contributed by atoms with van der Waals surface area (Å²) < 4.78 is 46.4. The summed E-state index contributed by atoms with van der Waals surface area (Å²) in [6, 6.07) is 8.22. The molecule has 0 fully saturated rings. The molecule has 0 aliphatic carbocycles. The van der Waals surface area contributed by atoms with Crippen LogP contribution in [0.3, 0.4) is 0 Å². The summed E-state index contributed by atoms with van der Waals surface area (Å²) in [4.78, 5) is 16.6. The molecule has 0 atom stereocenters. The fourth-order valence-corrected chi connectivity index (χ4v) is 5.56. The first-order valence-electron chi connectivity index (χ1n) is 8.30. The summed E-state index contributed by atoms with van der Waals surface area (Å²) in [6.45, 7) is 0.626. The number of unbranched alkanes of at least 4 members (excludes halogenated alkanes) is 1. The van der Waals surface area contributed by atoms with Crippen LogP contribution in [0.4, 0.5) is 13.2 Å². The second kappa shape index (κ2) is 8.78. The van der Waals surface area contributed by atoms with E-state index in [-0.39, 0.29) is 0 Å². The Morgan fingerprint density at radius 2 is 1.72 bits per heavy atom. The van der Waals surface area contributed by atoms with Gasteiger partial charge < -0.3 is 0 Å². The molecule has 3 nitrogen and oxygen atoms in total. The molecule has 2 rings (SSSR count). The molecule has 0 amide bonds. The van der Waals surface area contributed by atoms with Crippen LogP contribution < -0.4 is 10.3 Å². The predicted molar refractivity (Wildman–Crippen MR) is 95.5 cm³/mol. The molecule has 1 heterocycles. The molecule has 25 heavy (non-hydrogen) atoms. The zero-order chi connectivity index (χ0) is 18.4. The van der Waals surface area contributed by atoms with E-state index in [0.717, 1.165) is 29.3 Å². The Morgan fingerprint density at radius 3 is 2.32 bits per heavy atom. The van der Waals surface area contributed by atoms with Crippen molar-refractivity contribution >= 4 is 19.8 Å². The second-order valence-corrected chi connectivity index (χ2v) is 16.0. The first kappa shape index (κ1) is 19.9. The molecule has 136 valence electrons. The molecule has 0 aliphatic heterocycles. The van der Waals surface area contributed by atoms with Crippen LogP contribution >= 0.6 is 0 Å². The Bertz CT molecular complexity index is 739. The van der Waals surface area contributed by atoms with E-state index < -0.39 is 37.1 Å². The molecular weight excluding hydrogens is 438 g/mol. The Morgan fingerprint density at radius 1 is 1.04 bits per heavy atom. The summed E-state index contributed by atoms with van der Waals surface area (Å²) in [5.74, 6) is 0.650. The average molecular weight is 460 g/mol. The van der Waals surface area contributed by atoms with Gasteiger partial charge in [0.2, 0.25) is 0 Å². The van der Waals surface area contributed by atoms with Crippen molar-refractivity contribution in [2.75, 3.05) is 6.61 Å². The fourth-order valence-electron chi connectivity index (χ4n) is 2.40. The number of pyridine rings is 1. The van der Waals surface area contributed by atoms with Crippen molar-refractivity contribution in [1.82, 2.24) is 4.57 Å². The normalized spacial score (nSPS) is 11.8. The molecule has 0 unspecified atom stereocenters. The number of hydrogen-bond donors (Lipinski definition) is 0. The molecule has 0 saturated heterocycles. The zero-order valence-corrected chi connectivity index (χ0v) is 17.6. The van der Waals surface area contributed by atoms with Crippen LogP contribution in [0.1, 0.15) is 18.4 Å². The third kappa shape index (κ3) is 6.09. The quantitative estimate of drug-likeness (QED) is 0.451. The van der Waals surface area contributed by atoms with Crippen LogP contribution in [0.5, 0.6) is 5.75 Å². The number of aromatic nitrogens is 1. The molecule has 7 heteroatoms. The van der Waals surface area contributed by atoms with Crippen molar-refractivity contribution in [2.24, 2.45) is 0 Å². The van der Waals surface area contributed by atoms with Crippen LogP contribution in [-0.2, 0) is 6.18 Å². The third-order valence-corrected chi connectivity index (χ3v) is 8.26. The average Bonchev–Trinajstić information content (AvgIpc) is 2.54. The summed E-state index contributed by atoms with van der Waals surface area (Å²) in [5, 5.41) is 0. The van der Waals surface area contributed by atoms with E-state index in [4.69, 9.17) is 4.74 Å². The first-order chi connectivity index (χ1) is 11.8. The Labute approximate surface area is 152 Å². The minimum absolute atomic E-state index is 0.373. The van der Waals surface area contributed by atoms with Gasteiger partial charge in [0.1, 0.15) is 0 Å². The standard InChI is InChI=1S/C16H15F3NO2.2CH3.Sn.H/c1-2-3-10-22-14-7-5-13(6-8-14)20-11-12(16(17,18)19)4-9-15(20)21;;;;/h4-9,11H,1-3,10H2;2*1H3;;. The van der Waals surface area contributed by atoms with Gasteiger partial charge in [0.25, 0.3) is 0 Å². The number of alkyl halides is 3. The van der Waals surface area contributed by atoms with E-state index in [1.165, 1.54) is 10.9 Å². The van der Waals surface area contributed by atoms with Crippen LogP contribution in [0.25, 0.3) is 5.69 Å². The van der Waals surface area contributed by atoms with E-state index in [9.17, 15) is 18.0 Å². The van der Waals surface area contributed by atoms with Gasteiger partial charge in [-0.25, -0.2) is 0 Å². The molecule has 0 spiro atoms. The summed E-state index contributed by atoms with van der Waals surface area (Å²) in [7, 11) is 0. The molecule has 0 radical (unpaired) electrons. The maximum absolute atomic E-state index is 12.8. The molecule has 0 N–H and O–H groups in total. The topological polar surface area (TPSA) is 31.2 Å². The summed E-state index contributed by atoms with van der Waals surface area (Å²) >= 11 is -1.13. The minimum atomic E-state index is -4.49. The van der Waals surface area contributed by atoms with Crippen LogP contribution in [0, 0.1) is 0 Å². The summed E-state index contributed by atoms with van der Waals surface area (Å²) in [5.41, 5.74) is -0.998. The van der Waals surface area contributed by atoms with Crippen molar-refractivity contribution < 1.29 is 17.9 Å². The van der Waals surface area contributed by atoms with E-state index in [1.807, 2.05) is 0 Å². The van der Waals surface area contributed by atoms with Crippen LogP contribution in [-0.4, -0.2) is 30.9 Å². The Balaban J connectivity index is 2.04. The van der Waals surface area contributed by atoms with Crippen molar-refractivity contribution in [3.63, 3.8) is 0 Å². The third-order valence-electron chi connectivity index (χ3n) is 3.80. The van der Waals surface area contributed by atoms with Gasteiger partial charge in [-0.3, -0.25) is 0 Å². The van der Waals surface area contributed by atoms with Crippen molar-refractivity contribution in [3.8, 4) is 11.4 Å². The van der Waals surface area contributed by atoms with Gasteiger partial charge in [0.05, 0.1) is 0 Å². The van der Waals surface area contributed by atoms with Gasteiger partial charge in [-0.2, -0.15) is 13.2 Å². The molecule has 1 aromatic heterocycles. The SMILES string of the molecule is [CH3][SnH]([CH3])[CH2]CCCOc1ccc(-n2cc(C(F)(F)F)ccc2=O)cc1. The van der Waals surface area contributed by atoms with E-state index in [2.05, 4.69) is 9.88 Å². The predicted octanol–water partition coefficient (Wildman–Crippen LogP) is 4.50. The number of nitrogens with zero attached hydrogens (tertiary/aromatic N) is 1. The van der Waals surface area contributed by atoms with Gasteiger partial charge in [-0.05, 0) is 6.07 Å². The van der Waals surface area contributed by atoms with Gasteiger partial charge in [-0.15, -0.1) is 0 Å². The number of ether oxygens (including phenoxy) is 1. The van der Waals surface area contributed by atoms with E-state index in [0.29, 0.717) is 18.0 Å². The molecule has 0 saturated carbocycles. The molecule has 0 aliphatic rings.